The number of thiazole rings is 1. The van der Waals surface area contributed by atoms with Crippen molar-refractivity contribution >= 4 is 28.3 Å². The van der Waals surface area contributed by atoms with E-state index in [0.717, 1.165) is 11.3 Å². The predicted octanol–water partition coefficient (Wildman–Crippen LogP) is 2.51. The molecule has 2 heterocycles. The molecule has 1 aromatic carbocycles. The fourth-order valence-corrected chi connectivity index (χ4v) is 3.48. The summed E-state index contributed by atoms with van der Waals surface area (Å²) in [6, 6.07) is 8.37. The van der Waals surface area contributed by atoms with Gasteiger partial charge >= 0.3 is 0 Å². The van der Waals surface area contributed by atoms with Crippen molar-refractivity contribution in [1.82, 2.24) is 10.3 Å². The first kappa shape index (κ1) is 15.7. The molecule has 1 aliphatic rings. The number of carbonyl (C=O) groups excluding carboxylic acids is 2. The minimum atomic E-state index is -0.170. The summed E-state index contributed by atoms with van der Waals surface area (Å²) in [7, 11) is 0. The largest absolute Gasteiger partial charge is 0.355 e. The summed E-state index contributed by atoms with van der Waals surface area (Å²) in [6.07, 6.45) is 3.63. The van der Waals surface area contributed by atoms with Crippen LogP contribution in [0.4, 0.5) is 5.13 Å². The highest BCUT2D eigenvalue weighted by Gasteiger charge is 2.24. The number of hydrogen-bond donors (Lipinski definition) is 2. The van der Waals surface area contributed by atoms with E-state index in [0.29, 0.717) is 24.5 Å². The smallest absolute Gasteiger partial charge is 0.231 e. The van der Waals surface area contributed by atoms with Crippen molar-refractivity contribution in [2.45, 2.75) is 26.2 Å². The molecule has 5 nitrogen and oxygen atoms in total. The van der Waals surface area contributed by atoms with Gasteiger partial charge in [-0.2, -0.15) is 0 Å². The van der Waals surface area contributed by atoms with Crippen LogP contribution in [0.5, 0.6) is 0 Å². The molecule has 1 aliphatic heterocycles. The minimum Gasteiger partial charge on any atom is -0.355 e. The standard InChI is InChI=1S/C17H19N3O2S/c1-11-3-2-4-12(7-11)8-14-10-19-17(23-14)20-16(22)13-5-6-15(21)18-9-13/h2-4,7,10,13H,5-6,8-9H2,1H3,(H,18,21)(H,19,20,22). The van der Waals surface area contributed by atoms with Gasteiger partial charge in [-0.3, -0.25) is 9.59 Å². The summed E-state index contributed by atoms with van der Waals surface area (Å²) in [4.78, 5) is 28.7. The van der Waals surface area contributed by atoms with E-state index >= 15 is 0 Å². The molecule has 2 N–H and O–H groups in total. The summed E-state index contributed by atoms with van der Waals surface area (Å²) < 4.78 is 0. The van der Waals surface area contributed by atoms with Crippen LogP contribution in [0, 0.1) is 12.8 Å². The number of anilines is 1. The van der Waals surface area contributed by atoms with Crippen molar-refractivity contribution in [2.24, 2.45) is 5.92 Å². The van der Waals surface area contributed by atoms with Crippen LogP contribution in [-0.4, -0.2) is 23.3 Å². The maximum Gasteiger partial charge on any atom is 0.231 e. The van der Waals surface area contributed by atoms with Crippen LogP contribution in [0.3, 0.4) is 0 Å². The summed E-state index contributed by atoms with van der Waals surface area (Å²) in [5.74, 6) is -0.220. The molecule has 0 bridgehead atoms. The number of carbonyl (C=O) groups is 2. The number of rotatable bonds is 4. The third-order valence-electron chi connectivity index (χ3n) is 3.88. The molecule has 1 atom stereocenters. The van der Waals surface area contributed by atoms with E-state index < -0.39 is 0 Å². The maximum absolute atomic E-state index is 12.2. The molecule has 2 aromatic rings. The second-order valence-electron chi connectivity index (χ2n) is 5.83. The molecule has 1 aromatic heterocycles. The summed E-state index contributed by atoms with van der Waals surface area (Å²) in [6.45, 7) is 2.48. The second kappa shape index (κ2) is 6.91. The molecular weight excluding hydrogens is 310 g/mol. The summed E-state index contributed by atoms with van der Waals surface area (Å²) in [5, 5.41) is 6.21. The zero-order chi connectivity index (χ0) is 16.2. The molecule has 0 spiro atoms. The van der Waals surface area contributed by atoms with Crippen LogP contribution in [0.15, 0.2) is 30.5 Å². The van der Waals surface area contributed by atoms with Gasteiger partial charge < -0.3 is 10.6 Å². The zero-order valence-corrected chi connectivity index (χ0v) is 13.8. The van der Waals surface area contributed by atoms with Crippen molar-refractivity contribution in [3.05, 3.63) is 46.5 Å². The second-order valence-corrected chi connectivity index (χ2v) is 6.94. The SMILES string of the molecule is Cc1cccc(Cc2cnc(NC(=O)C3CCC(=O)NC3)s2)c1. The number of aryl methyl sites for hydroxylation is 1. The maximum atomic E-state index is 12.2. The van der Waals surface area contributed by atoms with Crippen molar-refractivity contribution in [1.29, 1.82) is 0 Å². The molecule has 0 saturated carbocycles. The summed E-state index contributed by atoms with van der Waals surface area (Å²) >= 11 is 1.50. The molecule has 0 radical (unpaired) electrons. The highest BCUT2D eigenvalue weighted by atomic mass is 32.1. The van der Waals surface area contributed by atoms with Gasteiger partial charge in [0.15, 0.2) is 5.13 Å². The molecule has 23 heavy (non-hydrogen) atoms. The van der Waals surface area contributed by atoms with Crippen LogP contribution in [0.2, 0.25) is 0 Å². The van der Waals surface area contributed by atoms with E-state index in [9.17, 15) is 9.59 Å². The number of amides is 2. The molecule has 2 amide bonds. The minimum absolute atomic E-state index is 0.0174. The van der Waals surface area contributed by atoms with Gasteiger partial charge in [0, 0.05) is 30.5 Å². The average molecular weight is 329 g/mol. The lowest BCUT2D eigenvalue weighted by molar-refractivity contribution is -0.126. The first-order valence-electron chi connectivity index (χ1n) is 7.68. The van der Waals surface area contributed by atoms with E-state index in [-0.39, 0.29) is 17.7 Å². The van der Waals surface area contributed by atoms with Crippen molar-refractivity contribution in [2.75, 3.05) is 11.9 Å². The van der Waals surface area contributed by atoms with Crippen molar-refractivity contribution < 1.29 is 9.59 Å². The van der Waals surface area contributed by atoms with E-state index in [1.54, 1.807) is 0 Å². The first-order valence-corrected chi connectivity index (χ1v) is 8.49. The Kier molecular flexibility index (Phi) is 4.71. The van der Waals surface area contributed by atoms with Gasteiger partial charge in [0.2, 0.25) is 11.8 Å². The monoisotopic (exact) mass is 329 g/mol. The number of piperidine rings is 1. The van der Waals surface area contributed by atoms with Gasteiger partial charge in [0.1, 0.15) is 0 Å². The Balaban J connectivity index is 1.58. The summed E-state index contributed by atoms with van der Waals surface area (Å²) in [5.41, 5.74) is 2.47. The lowest BCUT2D eigenvalue weighted by Gasteiger charge is -2.20. The van der Waals surface area contributed by atoms with Gasteiger partial charge in [-0.25, -0.2) is 4.98 Å². The average Bonchev–Trinajstić information content (AvgIpc) is 2.95. The highest BCUT2D eigenvalue weighted by Crippen LogP contribution is 2.23. The van der Waals surface area contributed by atoms with Gasteiger partial charge in [-0.1, -0.05) is 29.8 Å². The fraction of sp³-hybridized carbons (Fsp3) is 0.353. The van der Waals surface area contributed by atoms with Crippen LogP contribution < -0.4 is 10.6 Å². The number of nitrogens with one attached hydrogen (secondary N) is 2. The zero-order valence-electron chi connectivity index (χ0n) is 13.0. The lowest BCUT2D eigenvalue weighted by atomic mass is 9.98. The molecule has 120 valence electrons. The van der Waals surface area contributed by atoms with E-state index in [1.807, 2.05) is 12.3 Å². The molecular formula is C17H19N3O2S. The number of hydrogen-bond acceptors (Lipinski definition) is 4. The molecule has 1 fully saturated rings. The Hall–Kier alpha value is -2.21. The van der Waals surface area contributed by atoms with E-state index in [4.69, 9.17) is 0 Å². The molecule has 6 heteroatoms. The van der Waals surface area contributed by atoms with Crippen molar-refractivity contribution in [3.8, 4) is 0 Å². The normalized spacial score (nSPS) is 17.6. The topological polar surface area (TPSA) is 71.1 Å². The number of nitrogens with zero attached hydrogens (tertiary/aromatic N) is 1. The highest BCUT2D eigenvalue weighted by molar-refractivity contribution is 7.15. The molecule has 0 aliphatic carbocycles. The first-order chi connectivity index (χ1) is 11.1. The molecule has 3 rings (SSSR count). The van der Waals surface area contributed by atoms with E-state index in [2.05, 4.69) is 40.7 Å². The Bertz CT molecular complexity index is 716. The van der Waals surface area contributed by atoms with Gasteiger partial charge in [0.25, 0.3) is 0 Å². The van der Waals surface area contributed by atoms with Crippen LogP contribution in [0.1, 0.15) is 28.8 Å². The Morgan fingerprint density at radius 1 is 1.48 bits per heavy atom. The van der Waals surface area contributed by atoms with E-state index in [1.165, 1.54) is 22.5 Å². The number of aromatic nitrogens is 1. The third-order valence-corrected chi connectivity index (χ3v) is 4.79. The van der Waals surface area contributed by atoms with Crippen molar-refractivity contribution in [3.63, 3.8) is 0 Å². The predicted molar refractivity (Wildman–Crippen MR) is 90.5 cm³/mol. The van der Waals surface area contributed by atoms with Crippen LogP contribution in [-0.2, 0) is 16.0 Å². The quantitative estimate of drug-likeness (QED) is 0.905. The molecule has 1 unspecified atom stereocenters. The van der Waals surface area contributed by atoms with Gasteiger partial charge in [-0.05, 0) is 18.9 Å². The molecule has 1 saturated heterocycles. The Labute approximate surface area is 139 Å². The number of benzene rings is 1. The van der Waals surface area contributed by atoms with Gasteiger partial charge in [-0.15, -0.1) is 11.3 Å². The fourth-order valence-electron chi connectivity index (χ4n) is 2.63. The Morgan fingerprint density at radius 2 is 2.35 bits per heavy atom. The van der Waals surface area contributed by atoms with Gasteiger partial charge in [0.05, 0.1) is 5.92 Å². The van der Waals surface area contributed by atoms with Crippen LogP contribution >= 0.6 is 11.3 Å². The Morgan fingerprint density at radius 3 is 3.09 bits per heavy atom. The third kappa shape index (κ3) is 4.16. The lowest BCUT2D eigenvalue weighted by Crippen LogP contribution is -2.40. The van der Waals surface area contributed by atoms with Crippen LogP contribution in [0.25, 0.3) is 0 Å².